The van der Waals surface area contributed by atoms with Crippen LogP contribution in [0.2, 0.25) is 0 Å². The Morgan fingerprint density at radius 1 is 1.48 bits per heavy atom. The third kappa shape index (κ3) is 4.65. The van der Waals surface area contributed by atoms with Crippen molar-refractivity contribution in [2.75, 3.05) is 18.0 Å². The summed E-state index contributed by atoms with van der Waals surface area (Å²) in [5.74, 6) is 0.353. The van der Waals surface area contributed by atoms with Gasteiger partial charge in [-0.2, -0.15) is 5.26 Å². The molecule has 1 atom stereocenters. The normalized spacial score (nSPS) is 16.6. The van der Waals surface area contributed by atoms with E-state index in [-0.39, 0.29) is 17.4 Å². The first-order valence-corrected chi connectivity index (χ1v) is 11.1. The molecule has 1 aliphatic rings. The van der Waals surface area contributed by atoms with Gasteiger partial charge in [-0.3, -0.25) is 4.79 Å². The van der Waals surface area contributed by atoms with E-state index in [4.69, 9.17) is 0 Å². The second-order valence-electron chi connectivity index (χ2n) is 8.50. The van der Waals surface area contributed by atoms with E-state index in [1.54, 1.807) is 34.8 Å². The number of nitrogens with one attached hydrogen (secondary N) is 1. The minimum atomic E-state index is -0.104. The number of hydrogen-bond acceptors (Lipinski definition) is 5. The van der Waals surface area contributed by atoms with Gasteiger partial charge in [0.15, 0.2) is 34.1 Å². The molecular weight excluding hydrogens is 382 g/mol. The SMILES string of the molecule is CCCCc1c[n+](C(C)(C)C)sc1N(C(=O)C1CCNC1)c1ncccc1C#N. The third-order valence-electron chi connectivity index (χ3n) is 5.15. The van der Waals surface area contributed by atoms with E-state index in [0.29, 0.717) is 17.9 Å². The van der Waals surface area contributed by atoms with Gasteiger partial charge in [0, 0.05) is 33.5 Å². The number of amides is 1. The number of nitrogens with zero attached hydrogens (tertiary/aromatic N) is 4. The Hall–Kier alpha value is -2.30. The van der Waals surface area contributed by atoms with E-state index in [0.717, 1.165) is 42.8 Å². The van der Waals surface area contributed by atoms with E-state index in [1.807, 2.05) is 0 Å². The molecule has 0 bridgehead atoms. The van der Waals surface area contributed by atoms with Gasteiger partial charge in [-0.15, -0.1) is 3.96 Å². The molecule has 0 spiro atoms. The maximum absolute atomic E-state index is 13.6. The summed E-state index contributed by atoms with van der Waals surface area (Å²) in [6.07, 6.45) is 7.65. The minimum absolute atomic E-state index is 0.0193. The van der Waals surface area contributed by atoms with Crippen molar-refractivity contribution in [3.8, 4) is 6.07 Å². The van der Waals surface area contributed by atoms with Gasteiger partial charge < -0.3 is 5.32 Å². The zero-order valence-electron chi connectivity index (χ0n) is 17.7. The van der Waals surface area contributed by atoms with Crippen LogP contribution in [0.3, 0.4) is 0 Å². The molecule has 1 unspecified atom stereocenters. The lowest BCUT2D eigenvalue weighted by atomic mass is 10.1. The van der Waals surface area contributed by atoms with Gasteiger partial charge in [0.2, 0.25) is 5.91 Å². The van der Waals surface area contributed by atoms with Gasteiger partial charge in [-0.25, -0.2) is 9.88 Å². The average Bonchev–Trinajstić information content (AvgIpc) is 3.37. The van der Waals surface area contributed by atoms with Crippen LogP contribution in [0.25, 0.3) is 0 Å². The Labute approximate surface area is 177 Å². The molecule has 0 aromatic carbocycles. The van der Waals surface area contributed by atoms with Crippen molar-refractivity contribution in [1.82, 2.24) is 10.3 Å². The van der Waals surface area contributed by atoms with Crippen LogP contribution in [-0.4, -0.2) is 24.0 Å². The van der Waals surface area contributed by atoms with E-state index >= 15 is 0 Å². The van der Waals surface area contributed by atoms with Crippen LogP contribution in [0.1, 0.15) is 58.1 Å². The fourth-order valence-corrected chi connectivity index (χ4v) is 4.61. The van der Waals surface area contributed by atoms with E-state index in [1.165, 1.54) is 0 Å². The summed E-state index contributed by atoms with van der Waals surface area (Å²) in [4.78, 5) is 19.8. The molecule has 1 saturated heterocycles. The lowest BCUT2D eigenvalue weighted by Gasteiger charge is -2.23. The Bertz CT molecular complexity index is 903. The summed E-state index contributed by atoms with van der Waals surface area (Å²) in [6.45, 7) is 10.2. The summed E-state index contributed by atoms with van der Waals surface area (Å²) in [5.41, 5.74) is 1.47. The van der Waals surface area contributed by atoms with E-state index in [2.05, 4.69) is 54.2 Å². The van der Waals surface area contributed by atoms with Crippen molar-refractivity contribution in [1.29, 1.82) is 5.26 Å². The van der Waals surface area contributed by atoms with Gasteiger partial charge in [-0.1, -0.05) is 13.3 Å². The summed E-state index contributed by atoms with van der Waals surface area (Å²) >= 11 is 1.58. The van der Waals surface area contributed by atoms with E-state index < -0.39 is 0 Å². The maximum Gasteiger partial charge on any atom is 0.238 e. The zero-order chi connectivity index (χ0) is 21.0. The Morgan fingerprint density at radius 2 is 2.28 bits per heavy atom. The van der Waals surface area contributed by atoms with Gasteiger partial charge >= 0.3 is 0 Å². The van der Waals surface area contributed by atoms with Gasteiger partial charge in [0.25, 0.3) is 0 Å². The van der Waals surface area contributed by atoms with Crippen molar-refractivity contribution in [3.63, 3.8) is 0 Å². The van der Waals surface area contributed by atoms with Gasteiger partial charge in [-0.05, 0) is 37.9 Å². The lowest BCUT2D eigenvalue weighted by Crippen LogP contribution is -2.46. The van der Waals surface area contributed by atoms with Crippen molar-refractivity contribution in [3.05, 3.63) is 35.7 Å². The summed E-state index contributed by atoms with van der Waals surface area (Å²) in [7, 11) is 0. The second kappa shape index (κ2) is 9.02. The highest BCUT2D eigenvalue weighted by Gasteiger charge is 2.37. The summed E-state index contributed by atoms with van der Waals surface area (Å²) in [5, 5.41) is 13.8. The molecule has 29 heavy (non-hydrogen) atoms. The highest BCUT2D eigenvalue weighted by molar-refractivity contribution is 7.07. The molecule has 1 N–H and O–H groups in total. The number of anilines is 2. The third-order valence-corrected chi connectivity index (χ3v) is 6.61. The van der Waals surface area contributed by atoms with Crippen LogP contribution in [0.4, 0.5) is 10.8 Å². The molecule has 2 aromatic rings. The topological polar surface area (TPSA) is 72.9 Å². The molecular formula is C22H30N5OS+. The molecule has 2 aromatic heterocycles. The highest BCUT2D eigenvalue weighted by Crippen LogP contribution is 2.36. The second-order valence-corrected chi connectivity index (χ2v) is 9.46. The number of aromatic nitrogens is 2. The quantitative estimate of drug-likeness (QED) is 0.735. The molecule has 7 heteroatoms. The first kappa shape index (κ1) is 21.4. The van der Waals surface area contributed by atoms with Crippen molar-refractivity contribution >= 4 is 28.3 Å². The molecule has 0 aliphatic carbocycles. The average molecular weight is 413 g/mol. The van der Waals surface area contributed by atoms with Crippen molar-refractivity contribution in [2.45, 2.75) is 58.9 Å². The van der Waals surface area contributed by atoms with Crippen LogP contribution in [0.5, 0.6) is 0 Å². The molecule has 0 radical (unpaired) electrons. The number of carbonyl (C=O) groups excluding carboxylic acids is 1. The highest BCUT2D eigenvalue weighted by atomic mass is 32.1. The molecule has 154 valence electrons. The summed E-state index contributed by atoms with van der Waals surface area (Å²) in [6, 6.07) is 5.69. The fourth-order valence-electron chi connectivity index (χ4n) is 3.44. The van der Waals surface area contributed by atoms with Crippen molar-refractivity contribution < 1.29 is 8.75 Å². The molecule has 3 rings (SSSR count). The first-order chi connectivity index (χ1) is 13.9. The number of hydrogen-bond donors (Lipinski definition) is 1. The van der Waals surface area contributed by atoms with Crippen LogP contribution < -0.4 is 14.2 Å². The maximum atomic E-state index is 13.6. The monoisotopic (exact) mass is 412 g/mol. The number of rotatable bonds is 6. The predicted octanol–water partition coefficient (Wildman–Crippen LogP) is 3.67. The first-order valence-electron chi connectivity index (χ1n) is 10.3. The van der Waals surface area contributed by atoms with Gasteiger partial charge in [0.1, 0.15) is 6.07 Å². The van der Waals surface area contributed by atoms with Crippen molar-refractivity contribution in [2.24, 2.45) is 5.92 Å². The van der Waals surface area contributed by atoms with Crippen LogP contribution in [0, 0.1) is 17.2 Å². The molecule has 1 fully saturated rings. The largest absolute Gasteiger partial charge is 0.316 e. The Kier molecular flexibility index (Phi) is 6.66. The number of carbonyl (C=O) groups is 1. The number of pyridine rings is 1. The lowest BCUT2D eigenvalue weighted by molar-refractivity contribution is -0.692. The standard InChI is InChI=1S/C22H30N5OS/c1-5-6-8-18-15-26(22(2,3)4)29-21(18)27(20(28)17-10-12-24-14-17)19-16(13-23)9-7-11-25-19/h7,9,11,15,17,24H,5-6,8,10,12,14H2,1-4H3/q+1. The zero-order valence-corrected chi connectivity index (χ0v) is 18.6. The number of aryl methyl sites for hydroxylation is 1. The molecule has 0 saturated carbocycles. The van der Waals surface area contributed by atoms with E-state index in [9.17, 15) is 10.1 Å². The smallest absolute Gasteiger partial charge is 0.238 e. The molecule has 1 amide bonds. The molecule has 1 aliphatic heterocycles. The summed E-state index contributed by atoms with van der Waals surface area (Å²) < 4.78 is 2.20. The minimum Gasteiger partial charge on any atom is -0.316 e. The molecule has 6 nitrogen and oxygen atoms in total. The number of nitriles is 1. The van der Waals surface area contributed by atoms with Crippen LogP contribution in [0.15, 0.2) is 24.5 Å². The van der Waals surface area contributed by atoms with Gasteiger partial charge in [0.05, 0.1) is 17.0 Å². The fraction of sp³-hybridized carbons (Fsp3) is 0.545. The predicted molar refractivity (Wildman–Crippen MR) is 115 cm³/mol. The van der Waals surface area contributed by atoms with Crippen LogP contribution in [-0.2, 0) is 16.8 Å². The Balaban J connectivity index is 2.16. The molecule has 3 heterocycles. The Morgan fingerprint density at radius 3 is 2.90 bits per heavy atom. The number of unbranched alkanes of at least 4 members (excludes halogenated alkanes) is 1. The van der Waals surface area contributed by atoms with Crippen LogP contribution >= 0.6 is 11.5 Å².